The molecule has 2 heterocycles. The minimum Gasteiger partial charge on any atom is -0.338 e. The fourth-order valence-electron chi connectivity index (χ4n) is 4.25. The molecular formula is C31H30N6O. The predicted molar refractivity (Wildman–Crippen MR) is 152 cm³/mol. The fraction of sp³-hybridized carbons (Fsp3) is 0.161. The highest BCUT2D eigenvalue weighted by molar-refractivity contribution is 6.05. The SMILES string of the molecule is CN(C)CCCc1cc(C(=O)Nc2ccccc2-c2cnc(-c3ccccc3)[nH]2)nc(-c2ccccc2)n1. The lowest BCUT2D eigenvalue weighted by molar-refractivity contribution is 0.102. The maximum absolute atomic E-state index is 13.5. The van der Waals surface area contributed by atoms with Gasteiger partial charge >= 0.3 is 0 Å². The summed E-state index contributed by atoms with van der Waals surface area (Å²) < 4.78 is 0. The summed E-state index contributed by atoms with van der Waals surface area (Å²) in [6.07, 6.45) is 3.48. The minimum atomic E-state index is -0.284. The van der Waals surface area contributed by atoms with Gasteiger partial charge in [0.2, 0.25) is 0 Å². The van der Waals surface area contributed by atoms with Gasteiger partial charge in [0.1, 0.15) is 11.5 Å². The van der Waals surface area contributed by atoms with Gasteiger partial charge in [0, 0.05) is 22.4 Å². The van der Waals surface area contributed by atoms with Gasteiger partial charge < -0.3 is 15.2 Å². The summed E-state index contributed by atoms with van der Waals surface area (Å²) in [4.78, 5) is 33.0. The van der Waals surface area contributed by atoms with Gasteiger partial charge in [0.05, 0.1) is 17.6 Å². The number of para-hydroxylation sites is 1. The Balaban J connectivity index is 1.43. The first kappa shape index (κ1) is 25.0. The third-order valence-corrected chi connectivity index (χ3v) is 6.17. The molecule has 0 saturated heterocycles. The summed E-state index contributed by atoms with van der Waals surface area (Å²) >= 11 is 0. The number of anilines is 1. The van der Waals surface area contributed by atoms with Gasteiger partial charge in [-0.15, -0.1) is 0 Å². The van der Waals surface area contributed by atoms with Crippen molar-refractivity contribution < 1.29 is 4.79 Å². The molecule has 7 heteroatoms. The molecule has 0 radical (unpaired) electrons. The van der Waals surface area contributed by atoms with E-state index in [1.54, 1.807) is 12.3 Å². The summed E-state index contributed by atoms with van der Waals surface area (Å²) in [5.74, 6) is 1.04. The summed E-state index contributed by atoms with van der Waals surface area (Å²) in [6.45, 7) is 0.939. The van der Waals surface area contributed by atoms with Gasteiger partial charge in [-0.05, 0) is 45.6 Å². The van der Waals surface area contributed by atoms with E-state index in [1.165, 1.54) is 0 Å². The van der Waals surface area contributed by atoms with Gasteiger partial charge in [-0.25, -0.2) is 15.0 Å². The summed E-state index contributed by atoms with van der Waals surface area (Å²) in [6, 6.07) is 29.2. The van der Waals surface area contributed by atoms with Gasteiger partial charge in [-0.1, -0.05) is 78.9 Å². The smallest absolute Gasteiger partial charge is 0.274 e. The van der Waals surface area contributed by atoms with Crippen LogP contribution in [0.15, 0.2) is 97.2 Å². The van der Waals surface area contributed by atoms with Crippen LogP contribution in [0.4, 0.5) is 5.69 Å². The Morgan fingerprint density at radius 1 is 0.868 bits per heavy atom. The van der Waals surface area contributed by atoms with Crippen molar-refractivity contribution in [2.75, 3.05) is 26.0 Å². The van der Waals surface area contributed by atoms with Crippen molar-refractivity contribution in [2.45, 2.75) is 12.8 Å². The topological polar surface area (TPSA) is 86.8 Å². The van der Waals surface area contributed by atoms with Crippen LogP contribution < -0.4 is 5.32 Å². The van der Waals surface area contributed by atoms with E-state index in [4.69, 9.17) is 4.98 Å². The molecule has 5 aromatic rings. The number of amides is 1. The molecule has 7 nitrogen and oxygen atoms in total. The number of nitrogens with one attached hydrogen (secondary N) is 2. The van der Waals surface area contributed by atoms with Crippen LogP contribution in [-0.2, 0) is 6.42 Å². The van der Waals surface area contributed by atoms with Gasteiger partial charge in [0.15, 0.2) is 5.82 Å². The molecule has 190 valence electrons. The lowest BCUT2D eigenvalue weighted by Gasteiger charge is -2.12. The predicted octanol–water partition coefficient (Wildman–Crippen LogP) is 5.95. The van der Waals surface area contributed by atoms with Crippen LogP contribution in [0.1, 0.15) is 22.6 Å². The molecule has 5 rings (SSSR count). The monoisotopic (exact) mass is 502 g/mol. The minimum absolute atomic E-state index is 0.284. The first-order chi connectivity index (χ1) is 18.6. The number of benzene rings is 3. The van der Waals surface area contributed by atoms with E-state index in [1.807, 2.05) is 99.0 Å². The molecule has 0 spiro atoms. The lowest BCUT2D eigenvalue weighted by atomic mass is 10.1. The van der Waals surface area contributed by atoms with Crippen LogP contribution in [-0.4, -0.2) is 51.4 Å². The van der Waals surface area contributed by atoms with Crippen LogP contribution in [0.5, 0.6) is 0 Å². The molecule has 2 N–H and O–H groups in total. The highest BCUT2D eigenvalue weighted by Gasteiger charge is 2.16. The average molecular weight is 503 g/mol. The van der Waals surface area contributed by atoms with Crippen molar-refractivity contribution in [1.82, 2.24) is 24.8 Å². The number of aryl methyl sites for hydroxylation is 1. The normalized spacial score (nSPS) is 11.0. The Morgan fingerprint density at radius 3 is 2.29 bits per heavy atom. The van der Waals surface area contributed by atoms with Gasteiger partial charge in [-0.3, -0.25) is 4.79 Å². The number of aromatic amines is 1. The second kappa shape index (κ2) is 11.6. The molecule has 0 aliphatic heterocycles. The Labute approximate surface area is 222 Å². The molecule has 2 aromatic heterocycles. The molecule has 38 heavy (non-hydrogen) atoms. The summed E-state index contributed by atoms with van der Waals surface area (Å²) in [5.41, 5.74) is 5.40. The lowest BCUT2D eigenvalue weighted by Crippen LogP contribution is -2.17. The molecular weight excluding hydrogens is 472 g/mol. The molecule has 0 unspecified atom stereocenters. The molecule has 0 saturated carbocycles. The number of carbonyl (C=O) groups excluding carboxylic acids is 1. The van der Waals surface area contributed by atoms with Crippen molar-refractivity contribution in [3.8, 4) is 34.0 Å². The van der Waals surface area contributed by atoms with E-state index in [2.05, 4.69) is 25.2 Å². The summed E-state index contributed by atoms with van der Waals surface area (Å²) in [7, 11) is 4.10. The number of rotatable bonds is 9. The molecule has 0 aliphatic rings. The zero-order chi connectivity index (χ0) is 26.3. The molecule has 1 amide bonds. The van der Waals surface area contributed by atoms with Crippen molar-refractivity contribution in [1.29, 1.82) is 0 Å². The van der Waals surface area contributed by atoms with Crippen LogP contribution in [0.25, 0.3) is 34.0 Å². The third-order valence-electron chi connectivity index (χ3n) is 6.17. The molecule has 0 fully saturated rings. The number of nitrogens with zero attached hydrogens (tertiary/aromatic N) is 4. The second-order valence-corrected chi connectivity index (χ2v) is 9.35. The van der Waals surface area contributed by atoms with E-state index in [0.29, 0.717) is 17.2 Å². The maximum atomic E-state index is 13.5. The third kappa shape index (κ3) is 6.02. The number of H-pyrrole nitrogens is 1. The molecule has 0 bridgehead atoms. The van der Waals surface area contributed by atoms with Crippen LogP contribution in [0.2, 0.25) is 0 Å². The second-order valence-electron chi connectivity index (χ2n) is 9.35. The van der Waals surface area contributed by atoms with E-state index >= 15 is 0 Å². The quantitative estimate of drug-likeness (QED) is 0.260. The molecule has 0 atom stereocenters. The Kier molecular flexibility index (Phi) is 7.66. The number of aromatic nitrogens is 4. The first-order valence-corrected chi connectivity index (χ1v) is 12.7. The number of hydrogen-bond donors (Lipinski definition) is 2. The summed E-state index contributed by atoms with van der Waals surface area (Å²) in [5, 5.41) is 3.07. The Morgan fingerprint density at radius 2 is 1.55 bits per heavy atom. The van der Waals surface area contributed by atoms with Crippen LogP contribution in [0, 0.1) is 0 Å². The highest BCUT2D eigenvalue weighted by Crippen LogP contribution is 2.29. The van der Waals surface area contributed by atoms with Crippen molar-refractivity contribution in [3.05, 3.63) is 109 Å². The number of hydrogen-bond acceptors (Lipinski definition) is 5. The van der Waals surface area contributed by atoms with E-state index in [9.17, 15) is 4.79 Å². The largest absolute Gasteiger partial charge is 0.338 e. The Hall–Kier alpha value is -4.62. The van der Waals surface area contributed by atoms with Crippen LogP contribution in [0.3, 0.4) is 0 Å². The number of imidazole rings is 1. The first-order valence-electron chi connectivity index (χ1n) is 12.7. The van der Waals surface area contributed by atoms with E-state index < -0.39 is 0 Å². The maximum Gasteiger partial charge on any atom is 0.274 e. The standard InChI is InChI=1S/C31H30N6O/c1-37(2)19-11-16-24-20-27(34-30(33-24)23-14-7-4-8-15-23)31(38)36-26-18-10-9-17-25(26)28-21-32-29(35-28)22-12-5-3-6-13-22/h3-10,12-15,17-18,20-21H,11,16,19H2,1-2H3,(H,32,35)(H,36,38). The Bertz CT molecular complexity index is 1510. The van der Waals surface area contributed by atoms with E-state index in [-0.39, 0.29) is 5.91 Å². The van der Waals surface area contributed by atoms with Crippen molar-refractivity contribution >= 4 is 11.6 Å². The zero-order valence-corrected chi connectivity index (χ0v) is 21.6. The van der Waals surface area contributed by atoms with Crippen LogP contribution >= 0.6 is 0 Å². The highest BCUT2D eigenvalue weighted by atomic mass is 16.1. The van der Waals surface area contributed by atoms with Gasteiger partial charge in [0.25, 0.3) is 5.91 Å². The van der Waals surface area contributed by atoms with Crippen molar-refractivity contribution in [2.24, 2.45) is 0 Å². The molecule has 0 aliphatic carbocycles. The van der Waals surface area contributed by atoms with Gasteiger partial charge in [-0.2, -0.15) is 0 Å². The molecule has 3 aromatic carbocycles. The fourth-order valence-corrected chi connectivity index (χ4v) is 4.25. The average Bonchev–Trinajstić information content (AvgIpc) is 3.44. The number of carbonyl (C=O) groups is 1. The van der Waals surface area contributed by atoms with E-state index in [0.717, 1.165) is 53.3 Å². The van der Waals surface area contributed by atoms with Crippen molar-refractivity contribution in [3.63, 3.8) is 0 Å². The zero-order valence-electron chi connectivity index (χ0n) is 21.6.